The van der Waals surface area contributed by atoms with Gasteiger partial charge in [0, 0.05) is 6.07 Å². The van der Waals surface area contributed by atoms with E-state index < -0.39 is 34.3 Å². The Morgan fingerprint density at radius 3 is 2.32 bits per heavy atom. The van der Waals surface area contributed by atoms with Gasteiger partial charge in [-0.25, -0.2) is 0 Å². The van der Waals surface area contributed by atoms with E-state index in [2.05, 4.69) is 5.32 Å². The molecule has 0 spiro atoms. The highest BCUT2D eigenvalue weighted by Gasteiger charge is 2.34. The summed E-state index contributed by atoms with van der Waals surface area (Å²) in [5.41, 5.74) is 4.00. The minimum Gasteiger partial charge on any atom is -0.471 e. The topological polar surface area (TPSA) is 117 Å². The van der Waals surface area contributed by atoms with Crippen LogP contribution in [0.4, 0.5) is 5.69 Å². The Kier molecular flexibility index (Phi) is 6.50. The molecule has 1 aromatic rings. The molecule has 8 heteroatoms. The summed E-state index contributed by atoms with van der Waals surface area (Å²) in [5.74, 6) is -0.484. The van der Waals surface area contributed by atoms with Crippen molar-refractivity contribution in [3.8, 4) is 5.75 Å². The summed E-state index contributed by atoms with van der Waals surface area (Å²) in [6.07, 6.45) is -1.17. The molecule has 0 fully saturated rings. The molecule has 0 aliphatic carbocycles. The van der Waals surface area contributed by atoms with E-state index in [1.807, 2.05) is 20.8 Å². The number of benzene rings is 1. The number of nitrogens with zero attached hydrogens (tertiary/aromatic N) is 1. The number of hydrogen-bond donors (Lipinski definition) is 2. The number of amides is 1. The van der Waals surface area contributed by atoms with E-state index >= 15 is 0 Å². The van der Waals surface area contributed by atoms with Crippen LogP contribution < -0.4 is 15.8 Å². The van der Waals surface area contributed by atoms with E-state index in [-0.39, 0.29) is 11.4 Å². The fourth-order valence-electron chi connectivity index (χ4n) is 2.09. The second-order valence-electron chi connectivity index (χ2n) is 7.27. The lowest BCUT2D eigenvalue weighted by Gasteiger charge is -2.32. The zero-order chi connectivity index (χ0) is 19.4. The molecule has 0 saturated heterocycles. The van der Waals surface area contributed by atoms with Crippen LogP contribution in [-0.4, -0.2) is 34.3 Å². The van der Waals surface area contributed by atoms with E-state index in [0.717, 1.165) is 0 Å². The molecule has 0 aliphatic rings. The van der Waals surface area contributed by atoms with E-state index in [1.54, 1.807) is 13.0 Å². The lowest BCUT2D eigenvalue weighted by Crippen LogP contribution is -2.57. The van der Waals surface area contributed by atoms with Gasteiger partial charge in [-0.05, 0) is 47.6 Å². The van der Waals surface area contributed by atoms with E-state index in [1.165, 1.54) is 32.0 Å². The molecule has 0 aliphatic heterocycles. The van der Waals surface area contributed by atoms with Crippen molar-refractivity contribution in [3.05, 3.63) is 34.4 Å². The Morgan fingerprint density at radius 2 is 1.80 bits per heavy atom. The van der Waals surface area contributed by atoms with E-state index in [0.29, 0.717) is 0 Å². The Balaban J connectivity index is 2.82. The third-order valence-corrected chi connectivity index (χ3v) is 3.32. The first-order chi connectivity index (χ1) is 11.3. The van der Waals surface area contributed by atoms with Crippen molar-refractivity contribution in [2.75, 3.05) is 0 Å². The zero-order valence-electron chi connectivity index (χ0n) is 15.5. The molecule has 0 heterocycles. The highest BCUT2D eigenvalue weighted by molar-refractivity contribution is 5.85. The van der Waals surface area contributed by atoms with Crippen molar-refractivity contribution in [2.45, 2.75) is 65.0 Å². The molecular formula is C17H27N3O5. The van der Waals surface area contributed by atoms with Crippen molar-refractivity contribution in [1.82, 2.24) is 5.32 Å². The fourth-order valence-corrected chi connectivity index (χ4v) is 2.09. The van der Waals surface area contributed by atoms with Crippen molar-refractivity contribution in [1.29, 1.82) is 0 Å². The van der Waals surface area contributed by atoms with E-state index in [4.69, 9.17) is 15.2 Å². The maximum atomic E-state index is 12.5. The number of nitrogens with one attached hydrogen (secondary N) is 1. The third-order valence-electron chi connectivity index (χ3n) is 3.32. The number of nitrogens with two attached hydrogens (primary N) is 1. The summed E-state index contributed by atoms with van der Waals surface area (Å²) in [6, 6.07) is 5.88. The van der Waals surface area contributed by atoms with Gasteiger partial charge < -0.3 is 20.5 Å². The van der Waals surface area contributed by atoms with Gasteiger partial charge in [0.1, 0.15) is 6.17 Å². The number of hydrogen-bond acceptors (Lipinski definition) is 6. The van der Waals surface area contributed by atoms with Gasteiger partial charge in [0.05, 0.1) is 16.6 Å². The van der Waals surface area contributed by atoms with Crippen LogP contribution in [-0.2, 0) is 9.53 Å². The SMILES string of the molecule is CC(OC(C)(C)C)C(N)NC(=O)C(C)(C)Oc1ccccc1[N+](=O)[O-]. The molecular weight excluding hydrogens is 326 g/mol. The summed E-state index contributed by atoms with van der Waals surface area (Å²) in [6.45, 7) is 10.5. The van der Waals surface area contributed by atoms with Crippen LogP contribution in [0.15, 0.2) is 24.3 Å². The van der Waals surface area contributed by atoms with Crippen LogP contribution in [0, 0.1) is 10.1 Å². The highest BCUT2D eigenvalue weighted by Crippen LogP contribution is 2.29. The van der Waals surface area contributed by atoms with Crippen LogP contribution in [0.3, 0.4) is 0 Å². The molecule has 140 valence electrons. The average molecular weight is 353 g/mol. The van der Waals surface area contributed by atoms with Crippen LogP contribution in [0.25, 0.3) is 0 Å². The Morgan fingerprint density at radius 1 is 1.24 bits per heavy atom. The van der Waals surface area contributed by atoms with E-state index in [9.17, 15) is 14.9 Å². The predicted molar refractivity (Wildman–Crippen MR) is 94.2 cm³/mol. The maximum Gasteiger partial charge on any atom is 0.310 e. The van der Waals surface area contributed by atoms with Gasteiger partial charge in [-0.3, -0.25) is 14.9 Å². The molecule has 0 bridgehead atoms. The zero-order valence-corrected chi connectivity index (χ0v) is 15.5. The van der Waals surface area contributed by atoms with Gasteiger partial charge in [-0.15, -0.1) is 0 Å². The fraction of sp³-hybridized carbons (Fsp3) is 0.588. The monoisotopic (exact) mass is 353 g/mol. The molecule has 8 nitrogen and oxygen atoms in total. The first-order valence-corrected chi connectivity index (χ1v) is 8.00. The first kappa shape index (κ1) is 20.9. The molecule has 2 unspecified atom stereocenters. The number of nitro groups is 1. The lowest BCUT2D eigenvalue weighted by molar-refractivity contribution is -0.386. The quantitative estimate of drug-likeness (QED) is 0.441. The van der Waals surface area contributed by atoms with Crippen LogP contribution in [0.1, 0.15) is 41.5 Å². The maximum absolute atomic E-state index is 12.5. The standard InChI is InChI=1S/C17H27N3O5/c1-11(24-16(2,3)4)14(18)19-15(21)17(5,6)25-13-10-8-7-9-12(13)20(22)23/h7-11,14H,18H2,1-6H3,(H,19,21). The van der Waals surface area contributed by atoms with Gasteiger partial charge >= 0.3 is 5.69 Å². The number of carbonyl (C=O) groups excluding carboxylic acids is 1. The molecule has 0 aromatic heterocycles. The second kappa shape index (κ2) is 7.79. The van der Waals surface area contributed by atoms with Crippen molar-refractivity contribution < 1.29 is 19.2 Å². The number of rotatable bonds is 7. The molecule has 1 rings (SSSR count). The number of nitro benzene ring substituents is 1. The Hall–Kier alpha value is -2.19. The Labute approximate surface area is 147 Å². The molecule has 25 heavy (non-hydrogen) atoms. The highest BCUT2D eigenvalue weighted by atomic mass is 16.6. The van der Waals surface area contributed by atoms with Gasteiger partial charge in [-0.1, -0.05) is 12.1 Å². The lowest BCUT2D eigenvalue weighted by atomic mass is 10.1. The summed E-state index contributed by atoms with van der Waals surface area (Å²) >= 11 is 0. The second-order valence-corrected chi connectivity index (χ2v) is 7.27. The molecule has 2 atom stereocenters. The summed E-state index contributed by atoms with van der Waals surface area (Å²) in [4.78, 5) is 23.0. The van der Waals surface area contributed by atoms with Crippen LogP contribution in [0.2, 0.25) is 0 Å². The number of ether oxygens (including phenoxy) is 2. The summed E-state index contributed by atoms with van der Waals surface area (Å²) in [7, 11) is 0. The molecule has 1 amide bonds. The number of para-hydroxylation sites is 2. The van der Waals surface area contributed by atoms with Gasteiger partial charge in [0.2, 0.25) is 0 Å². The normalized spacial score (nSPS) is 14.5. The van der Waals surface area contributed by atoms with Crippen molar-refractivity contribution >= 4 is 11.6 Å². The molecule has 3 N–H and O–H groups in total. The first-order valence-electron chi connectivity index (χ1n) is 8.00. The molecule has 1 aromatic carbocycles. The smallest absolute Gasteiger partial charge is 0.310 e. The largest absolute Gasteiger partial charge is 0.471 e. The van der Waals surface area contributed by atoms with Crippen molar-refractivity contribution in [2.24, 2.45) is 5.73 Å². The Bertz CT molecular complexity index is 625. The third kappa shape index (κ3) is 6.32. The average Bonchev–Trinajstić information content (AvgIpc) is 2.45. The van der Waals surface area contributed by atoms with Gasteiger partial charge in [0.15, 0.2) is 11.4 Å². The summed E-state index contributed by atoms with van der Waals surface area (Å²) in [5, 5.41) is 13.7. The van der Waals surface area contributed by atoms with Crippen molar-refractivity contribution in [3.63, 3.8) is 0 Å². The minimum absolute atomic E-state index is 0.0141. The van der Waals surface area contributed by atoms with Gasteiger partial charge in [-0.2, -0.15) is 0 Å². The number of carbonyl (C=O) groups is 1. The minimum atomic E-state index is -1.36. The van der Waals surface area contributed by atoms with Crippen LogP contribution >= 0.6 is 0 Å². The molecule has 0 saturated carbocycles. The molecule has 0 radical (unpaired) electrons. The van der Waals surface area contributed by atoms with Crippen LogP contribution in [0.5, 0.6) is 5.75 Å². The van der Waals surface area contributed by atoms with Gasteiger partial charge in [0.25, 0.3) is 5.91 Å². The predicted octanol–water partition coefficient (Wildman–Crippen LogP) is 2.36. The summed E-state index contributed by atoms with van der Waals surface area (Å²) < 4.78 is 11.3.